The van der Waals surface area contributed by atoms with Gasteiger partial charge in [0.1, 0.15) is 0 Å². The zero-order valence-corrected chi connectivity index (χ0v) is 11.3. The highest BCUT2D eigenvalue weighted by molar-refractivity contribution is 5.97. The molecule has 3 rings (SSSR count). The van der Waals surface area contributed by atoms with Gasteiger partial charge in [0.2, 0.25) is 0 Å². The second kappa shape index (κ2) is 5.40. The first-order valence-electron chi connectivity index (χ1n) is 6.69. The van der Waals surface area contributed by atoms with Crippen molar-refractivity contribution in [3.8, 4) is 0 Å². The molecule has 0 unspecified atom stereocenters. The number of Topliss-reactive ketones (excluding diaryl/α,β-unsaturated/α-hetero) is 1. The Balaban J connectivity index is 1.76. The second-order valence-corrected chi connectivity index (χ2v) is 4.94. The van der Waals surface area contributed by atoms with Gasteiger partial charge in [-0.3, -0.25) is 4.79 Å². The molecular formula is C17H14FNO2. The van der Waals surface area contributed by atoms with E-state index in [2.05, 4.69) is 0 Å². The van der Waals surface area contributed by atoms with Gasteiger partial charge < -0.3 is 10.2 Å². The summed E-state index contributed by atoms with van der Waals surface area (Å²) in [6.07, 6.45) is 0.869. The number of carbonyl (C=O) groups excluding carboxylic acids is 1. The summed E-state index contributed by atoms with van der Waals surface area (Å²) in [6.45, 7) is 0. The zero-order valence-electron chi connectivity index (χ0n) is 11.3. The van der Waals surface area contributed by atoms with E-state index in [1.807, 2.05) is 18.2 Å². The molecule has 0 fully saturated rings. The van der Waals surface area contributed by atoms with Gasteiger partial charge in [-0.1, -0.05) is 24.3 Å². The van der Waals surface area contributed by atoms with E-state index in [-0.39, 0.29) is 17.1 Å². The maximum absolute atomic E-state index is 13.5. The van der Waals surface area contributed by atoms with Crippen LogP contribution >= 0.6 is 0 Å². The Kier molecular flexibility index (Phi) is 3.44. The molecule has 106 valence electrons. The van der Waals surface area contributed by atoms with E-state index in [4.69, 9.17) is 10.2 Å². The normalized spacial score (nSPS) is 10.9. The third-order valence-corrected chi connectivity index (χ3v) is 3.36. The Bertz CT molecular complexity index is 807. The van der Waals surface area contributed by atoms with E-state index in [9.17, 15) is 9.18 Å². The molecule has 0 saturated heterocycles. The van der Waals surface area contributed by atoms with E-state index in [0.717, 1.165) is 5.56 Å². The lowest BCUT2D eigenvalue weighted by Gasteiger charge is -2.01. The van der Waals surface area contributed by atoms with Crippen LogP contribution in [-0.4, -0.2) is 5.78 Å². The summed E-state index contributed by atoms with van der Waals surface area (Å²) in [7, 11) is 0. The van der Waals surface area contributed by atoms with Crippen LogP contribution in [0.1, 0.15) is 22.5 Å². The first kappa shape index (κ1) is 13.4. The first-order valence-corrected chi connectivity index (χ1v) is 6.69. The molecule has 0 radical (unpaired) electrons. The minimum absolute atomic E-state index is 0.129. The number of anilines is 1. The van der Waals surface area contributed by atoms with Crippen molar-refractivity contribution >= 4 is 22.4 Å². The Morgan fingerprint density at radius 3 is 2.71 bits per heavy atom. The number of nitrogen functional groups attached to an aromatic ring is 1. The number of rotatable bonds is 4. The first-order chi connectivity index (χ1) is 10.1. The third-order valence-electron chi connectivity index (χ3n) is 3.36. The number of para-hydroxylation sites is 1. The molecule has 0 aliphatic carbocycles. The number of benzene rings is 2. The average molecular weight is 283 g/mol. The predicted molar refractivity (Wildman–Crippen MR) is 79.7 cm³/mol. The van der Waals surface area contributed by atoms with Crippen LogP contribution in [0.25, 0.3) is 11.0 Å². The van der Waals surface area contributed by atoms with Crippen LogP contribution in [0.2, 0.25) is 0 Å². The van der Waals surface area contributed by atoms with Crippen molar-refractivity contribution in [3.63, 3.8) is 0 Å². The van der Waals surface area contributed by atoms with Crippen molar-refractivity contribution < 1.29 is 13.6 Å². The molecule has 0 spiro atoms. The number of ketones is 1. The fraction of sp³-hybridized carbons (Fsp3) is 0.118. The summed E-state index contributed by atoms with van der Waals surface area (Å²) in [5.74, 6) is -0.408. The number of aryl methyl sites for hydroxylation is 1. The number of nitrogens with two attached hydrogens (primary N) is 1. The Hall–Kier alpha value is -2.62. The summed E-state index contributed by atoms with van der Waals surface area (Å²) in [5.41, 5.74) is 7.49. The standard InChI is InChI=1S/C17H14FNO2/c18-14-6-2-4-12-10-16(21-17(12)14)15(20)8-7-11-3-1-5-13(19)9-11/h1-6,9-10H,7-8,19H2. The van der Waals surface area contributed by atoms with Crippen LogP contribution in [0.3, 0.4) is 0 Å². The van der Waals surface area contributed by atoms with Gasteiger partial charge in [0.25, 0.3) is 0 Å². The largest absolute Gasteiger partial charge is 0.450 e. The number of halogens is 1. The summed E-state index contributed by atoms with van der Waals surface area (Å²) < 4.78 is 18.9. The molecule has 0 bridgehead atoms. The van der Waals surface area contributed by atoms with Crippen molar-refractivity contribution in [2.45, 2.75) is 12.8 Å². The highest BCUT2D eigenvalue weighted by atomic mass is 19.1. The topological polar surface area (TPSA) is 56.2 Å². The van der Waals surface area contributed by atoms with Crippen molar-refractivity contribution in [2.24, 2.45) is 0 Å². The molecule has 1 aromatic heterocycles. The predicted octanol–water partition coefficient (Wildman–Crippen LogP) is 3.97. The van der Waals surface area contributed by atoms with E-state index < -0.39 is 5.82 Å². The van der Waals surface area contributed by atoms with Gasteiger partial charge >= 0.3 is 0 Å². The zero-order chi connectivity index (χ0) is 14.8. The summed E-state index contributed by atoms with van der Waals surface area (Å²) in [4.78, 5) is 12.1. The summed E-state index contributed by atoms with van der Waals surface area (Å²) in [6, 6.07) is 13.6. The van der Waals surface area contributed by atoms with Gasteiger partial charge in [0, 0.05) is 17.5 Å². The van der Waals surface area contributed by atoms with Crippen LogP contribution in [0.5, 0.6) is 0 Å². The lowest BCUT2D eigenvalue weighted by atomic mass is 10.1. The number of fused-ring (bicyclic) bond motifs is 1. The Labute approximate surface area is 121 Å². The Morgan fingerprint density at radius 2 is 1.95 bits per heavy atom. The Morgan fingerprint density at radius 1 is 1.14 bits per heavy atom. The van der Waals surface area contributed by atoms with Gasteiger partial charge in [-0.25, -0.2) is 4.39 Å². The molecule has 0 atom stereocenters. The maximum Gasteiger partial charge on any atom is 0.198 e. The fourth-order valence-electron chi connectivity index (χ4n) is 2.29. The summed E-state index contributed by atoms with van der Waals surface area (Å²) in [5, 5.41) is 0.599. The van der Waals surface area contributed by atoms with Crippen molar-refractivity contribution in [2.75, 3.05) is 5.73 Å². The van der Waals surface area contributed by atoms with Gasteiger partial charge in [0.15, 0.2) is 22.9 Å². The van der Waals surface area contributed by atoms with Gasteiger partial charge in [-0.05, 0) is 36.2 Å². The molecule has 21 heavy (non-hydrogen) atoms. The fourth-order valence-corrected chi connectivity index (χ4v) is 2.29. The molecule has 4 heteroatoms. The molecule has 0 saturated carbocycles. The highest BCUT2D eigenvalue weighted by Crippen LogP contribution is 2.23. The lowest BCUT2D eigenvalue weighted by Crippen LogP contribution is -2.00. The smallest absolute Gasteiger partial charge is 0.198 e. The van der Waals surface area contributed by atoms with E-state index in [1.54, 1.807) is 24.3 Å². The minimum atomic E-state index is -0.456. The van der Waals surface area contributed by atoms with Crippen LogP contribution in [0.15, 0.2) is 52.9 Å². The van der Waals surface area contributed by atoms with Crippen LogP contribution in [-0.2, 0) is 6.42 Å². The average Bonchev–Trinajstić information content (AvgIpc) is 2.90. The molecule has 0 amide bonds. The lowest BCUT2D eigenvalue weighted by molar-refractivity contribution is 0.0958. The van der Waals surface area contributed by atoms with E-state index in [1.165, 1.54) is 6.07 Å². The van der Waals surface area contributed by atoms with Crippen LogP contribution in [0.4, 0.5) is 10.1 Å². The van der Waals surface area contributed by atoms with Crippen molar-refractivity contribution in [3.05, 3.63) is 65.7 Å². The minimum Gasteiger partial charge on any atom is -0.450 e. The van der Waals surface area contributed by atoms with E-state index in [0.29, 0.717) is 23.9 Å². The van der Waals surface area contributed by atoms with Crippen LogP contribution < -0.4 is 5.73 Å². The highest BCUT2D eigenvalue weighted by Gasteiger charge is 2.14. The van der Waals surface area contributed by atoms with Gasteiger partial charge in [-0.2, -0.15) is 0 Å². The molecule has 2 aromatic carbocycles. The van der Waals surface area contributed by atoms with Crippen molar-refractivity contribution in [1.82, 2.24) is 0 Å². The molecule has 0 aliphatic rings. The number of carbonyl (C=O) groups is 1. The third kappa shape index (κ3) is 2.79. The van der Waals surface area contributed by atoms with Gasteiger partial charge in [0.05, 0.1) is 0 Å². The second-order valence-electron chi connectivity index (χ2n) is 4.94. The molecule has 3 nitrogen and oxygen atoms in total. The van der Waals surface area contributed by atoms with E-state index >= 15 is 0 Å². The van der Waals surface area contributed by atoms with Crippen molar-refractivity contribution in [1.29, 1.82) is 0 Å². The quantitative estimate of drug-likeness (QED) is 0.582. The SMILES string of the molecule is Nc1cccc(CCC(=O)c2cc3cccc(F)c3o2)c1. The van der Waals surface area contributed by atoms with Crippen LogP contribution in [0, 0.1) is 5.82 Å². The molecule has 2 N–H and O–H groups in total. The number of furan rings is 1. The summed E-state index contributed by atoms with van der Waals surface area (Å²) >= 11 is 0. The monoisotopic (exact) mass is 283 g/mol. The molecular weight excluding hydrogens is 269 g/mol. The molecule has 0 aliphatic heterocycles. The number of hydrogen-bond donors (Lipinski definition) is 1. The van der Waals surface area contributed by atoms with Gasteiger partial charge in [-0.15, -0.1) is 0 Å². The number of hydrogen-bond acceptors (Lipinski definition) is 3. The maximum atomic E-state index is 13.5. The molecule has 1 heterocycles. The molecule has 3 aromatic rings.